The average molecular weight is 228 g/mol. The maximum atomic E-state index is 12.1. The minimum atomic E-state index is -4.13. The lowest BCUT2D eigenvalue weighted by Gasteiger charge is -2.09. The predicted molar refractivity (Wildman–Crippen MR) is 55.1 cm³/mol. The first kappa shape index (κ1) is 11.0. The maximum absolute atomic E-state index is 12.1. The molecule has 0 aliphatic rings. The van der Waals surface area contributed by atoms with Gasteiger partial charge in [-0.1, -0.05) is 12.1 Å². The standard InChI is InChI=1S/C11H11F3N2/c1-8-15-9-4-2-3-5-10(9)16(8)7-6-11(12,13)14/h2-5H,6-7H2,1H3. The van der Waals surface area contributed by atoms with Gasteiger partial charge in [-0.15, -0.1) is 0 Å². The third kappa shape index (κ3) is 2.18. The second kappa shape index (κ2) is 3.81. The molecule has 0 radical (unpaired) electrons. The zero-order valence-electron chi connectivity index (χ0n) is 8.75. The molecule has 1 aromatic heterocycles. The molecule has 86 valence electrons. The lowest BCUT2D eigenvalue weighted by molar-refractivity contribution is -0.136. The van der Waals surface area contributed by atoms with E-state index in [0.717, 1.165) is 11.0 Å². The Balaban J connectivity index is 2.33. The van der Waals surface area contributed by atoms with Crippen LogP contribution in [0.4, 0.5) is 13.2 Å². The SMILES string of the molecule is Cc1nc2ccccc2n1CCC(F)(F)F. The van der Waals surface area contributed by atoms with Crippen molar-refractivity contribution >= 4 is 11.0 Å². The van der Waals surface area contributed by atoms with Gasteiger partial charge in [-0.25, -0.2) is 4.98 Å². The summed E-state index contributed by atoms with van der Waals surface area (Å²) < 4.78 is 38.0. The van der Waals surface area contributed by atoms with Gasteiger partial charge in [0, 0.05) is 6.54 Å². The molecule has 0 amide bonds. The minimum Gasteiger partial charge on any atom is -0.328 e. The van der Waals surface area contributed by atoms with Crippen LogP contribution in [-0.4, -0.2) is 15.7 Å². The van der Waals surface area contributed by atoms with Crippen LogP contribution < -0.4 is 0 Å². The van der Waals surface area contributed by atoms with Gasteiger partial charge < -0.3 is 4.57 Å². The Morgan fingerprint density at radius 2 is 1.94 bits per heavy atom. The van der Waals surface area contributed by atoms with Crippen molar-refractivity contribution in [3.8, 4) is 0 Å². The normalized spacial score (nSPS) is 12.2. The van der Waals surface area contributed by atoms with E-state index in [4.69, 9.17) is 0 Å². The van der Waals surface area contributed by atoms with E-state index < -0.39 is 12.6 Å². The molecule has 0 aliphatic heterocycles. The van der Waals surface area contributed by atoms with E-state index >= 15 is 0 Å². The van der Waals surface area contributed by atoms with Crippen molar-refractivity contribution in [3.63, 3.8) is 0 Å². The fourth-order valence-corrected chi connectivity index (χ4v) is 1.72. The van der Waals surface area contributed by atoms with Crippen LogP contribution in [0.15, 0.2) is 24.3 Å². The van der Waals surface area contributed by atoms with Gasteiger partial charge in [0.2, 0.25) is 0 Å². The molecule has 2 aromatic rings. The number of aryl methyl sites for hydroxylation is 2. The number of benzene rings is 1. The number of nitrogens with zero attached hydrogens (tertiary/aromatic N) is 2. The van der Waals surface area contributed by atoms with Gasteiger partial charge in [-0.3, -0.25) is 0 Å². The van der Waals surface area contributed by atoms with Crippen LogP contribution in [0.2, 0.25) is 0 Å². The first-order valence-corrected chi connectivity index (χ1v) is 4.96. The second-order valence-electron chi connectivity index (χ2n) is 3.66. The fraction of sp³-hybridized carbons (Fsp3) is 0.364. The third-order valence-electron chi connectivity index (χ3n) is 2.46. The van der Waals surface area contributed by atoms with Gasteiger partial charge in [0.25, 0.3) is 0 Å². The summed E-state index contributed by atoms with van der Waals surface area (Å²) in [5.41, 5.74) is 1.49. The second-order valence-corrected chi connectivity index (χ2v) is 3.66. The van der Waals surface area contributed by atoms with Crippen molar-refractivity contribution in [1.29, 1.82) is 0 Å². The first-order chi connectivity index (χ1) is 7.47. The smallest absolute Gasteiger partial charge is 0.328 e. The maximum Gasteiger partial charge on any atom is 0.390 e. The molecule has 0 fully saturated rings. The molecule has 2 rings (SSSR count). The molecular weight excluding hydrogens is 217 g/mol. The lowest BCUT2D eigenvalue weighted by atomic mass is 10.3. The van der Waals surface area contributed by atoms with E-state index in [1.807, 2.05) is 6.07 Å². The summed E-state index contributed by atoms with van der Waals surface area (Å²) >= 11 is 0. The highest BCUT2D eigenvalue weighted by Crippen LogP contribution is 2.23. The van der Waals surface area contributed by atoms with Crippen LogP contribution in [-0.2, 0) is 6.54 Å². The average Bonchev–Trinajstić information content (AvgIpc) is 2.49. The topological polar surface area (TPSA) is 17.8 Å². The van der Waals surface area contributed by atoms with Gasteiger partial charge in [0.1, 0.15) is 5.82 Å². The van der Waals surface area contributed by atoms with Crippen molar-refractivity contribution in [2.75, 3.05) is 0 Å². The summed E-state index contributed by atoms with van der Waals surface area (Å²) in [4.78, 5) is 4.21. The predicted octanol–water partition coefficient (Wildman–Crippen LogP) is 3.30. The minimum absolute atomic E-state index is 0.0736. The largest absolute Gasteiger partial charge is 0.390 e. The Labute approximate surface area is 90.7 Å². The van der Waals surface area contributed by atoms with E-state index in [0.29, 0.717) is 5.82 Å². The molecule has 0 unspecified atom stereocenters. The Kier molecular flexibility index (Phi) is 2.61. The van der Waals surface area contributed by atoms with Crippen molar-refractivity contribution in [2.45, 2.75) is 26.1 Å². The zero-order chi connectivity index (χ0) is 11.8. The summed E-state index contributed by atoms with van der Waals surface area (Å²) in [6.07, 6.45) is -4.95. The lowest BCUT2D eigenvalue weighted by Crippen LogP contribution is -2.12. The number of alkyl halides is 3. The Morgan fingerprint density at radius 3 is 2.62 bits per heavy atom. The monoisotopic (exact) mass is 228 g/mol. The highest BCUT2D eigenvalue weighted by molar-refractivity contribution is 5.75. The molecular formula is C11H11F3N2. The number of halogens is 3. The van der Waals surface area contributed by atoms with Crippen LogP contribution in [0.25, 0.3) is 11.0 Å². The van der Waals surface area contributed by atoms with Crippen LogP contribution in [0.3, 0.4) is 0 Å². The molecule has 1 aromatic carbocycles. The fourth-order valence-electron chi connectivity index (χ4n) is 1.72. The molecule has 0 aliphatic carbocycles. The quantitative estimate of drug-likeness (QED) is 0.771. The number of hydrogen-bond donors (Lipinski definition) is 0. The summed E-state index contributed by atoms with van der Waals surface area (Å²) in [5.74, 6) is 0.616. The first-order valence-electron chi connectivity index (χ1n) is 4.96. The van der Waals surface area contributed by atoms with E-state index in [9.17, 15) is 13.2 Å². The summed E-state index contributed by atoms with van der Waals surface area (Å²) in [6.45, 7) is 1.65. The molecule has 5 heteroatoms. The van der Waals surface area contributed by atoms with Crippen molar-refractivity contribution in [2.24, 2.45) is 0 Å². The molecule has 0 bridgehead atoms. The summed E-state index contributed by atoms with van der Waals surface area (Å²) in [6, 6.07) is 7.20. The highest BCUT2D eigenvalue weighted by atomic mass is 19.4. The van der Waals surface area contributed by atoms with Gasteiger partial charge in [-0.2, -0.15) is 13.2 Å². The van der Waals surface area contributed by atoms with Crippen LogP contribution in [0, 0.1) is 6.92 Å². The highest BCUT2D eigenvalue weighted by Gasteiger charge is 2.27. The molecule has 16 heavy (non-hydrogen) atoms. The number of aromatic nitrogens is 2. The van der Waals surface area contributed by atoms with E-state index in [2.05, 4.69) is 4.98 Å². The molecule has 0 spiro atoms. The zero-order valence-corrected chi connectivity index (χ0v) is 8.75. The van der Waals surface area contributed by atoms with Gasteiger partial charge in [-0.05, 0) is 19.1 Å². The Hall–Kier alpha value is -1.52. The van der Waals surface area contributed by atoms with Gasteiger partial charge in [0.05, 0.1) is 17.5 Å². The third-order valence-corrected chi connectivity index (χ3v) is 2.46. The van der Waals surface area contributed by atoms with E-state index in [1.165, 1.54) is 0 Å². The van der Waals surface area contributed by atoms with Crippen molar-refractivity contribution < 1.29 is 13.2 Å². The number of rotatable bonds is 2. The summed E-state index contributed by atoms with van der Waals surface area (Å²) in [5, 5.41) is 0. The van der Waals surface area contributed by atoms with Crippen LogP contribution >= 0.6 is 0 Å². The Morgan fingerprint density at radius 1 is 1.25 bits per heavy atom. The molecule has 0 N–H and O–H groups in total. The van der Waals surface area contributed by atoms with Crippen LogP contribution in [0.5, 0.6) is 0 Å². The molecule has 0 saturated carbocycles. The van der Waals surface area contributed by atoms with Gasteiger partial charge in [0.15, 0.2) is 0 Å². The molecule has 2 nitrogen and oxygen atoms in total. The number of para-hydroxylation sites is 2. The summed E-state index contributed by atoms with van der Waals surface area (Å²) in [7, 11) is 0. The Bertz CT molecular complexity index is 499. The van der Waals surface area contributed by atoms with Crippen molar-refractivity contribution in [1.82, 2.24) is 9.55 Å². The van der Waals surface area contributed by atoms with Crippen LogP contribution in [0.1, 0.15) is 12.2 Å². The van der Waals surface area contributed by atoms with Crippen molar-refractivity contribution in [3.05, 3.63) is 30.1 Å². The number of hydrogen-bond acceptors (Lipinski definition) is 1. The molecule has 0 saturated heterocycles. The number of imidazole rings is 1. The van der Waals surface area contributed by atoms with E-state index in [1.54, 1.807) is 29.7 Å². The number of fused-ring (bicyclic) bond motifs is 1. The van der Waals surface area contributed by atoms with E-state index in [-0.39, 0.29) is 6.54 Å². The molecule has 1 heterocycles. The van der Waals surface area contributed by atoms with Gasteiger partial charge >= 0.3 is 6.18 Å². The molecule has 0 atom stereocenters.